The van der Waals surface area contributed by atoms with E-state index in [1.54, 1.807) is 24.3 Å². The Kier molecular flexibility index (Phi) is 6.59. The maximum atomic E-state index is 13.6. The lowest BCUT2D eigenvalue weighted by Crippen LogP contribution is -2.30. The summed E-state index contributed by atoms with van der Waals surface area (Å²) in [6.45, 7) is 6.15. The van der Waals surface area contributed by atoms with Crippen molar-refractivity contribution in [2.45, 2.75) is 32.2 Å². The van der Waals surface area contributed by atoms with Gasteiger partial charge in [0.05, 0.1) is 43.5 Å². The minimum atomic E-state index is -0.905. The quantitative estimate of drug-likeness (QED) is 0.184. The first-order chi connectivity index (χ1) is 18.6. The molecule has 1 unspecified atom stereocenters. The van der Waals surface area contributed by atoms with Crippen LogP contribution >= 0.6 is 11.3 Å². The second kappa shape index (κ2) is 9.77. The number of aliphatic hydroxyl groups excluding tert-OH is 1. The van der Waals surface area contributed by atoms with Crippen molar-refractivity contribution in [2.75, 3.05) is 26.2 Å². The third-order valence-electron chi connectivity index (χ3n) is 6.78. The van der Waals surface area contributed by atoms with Crippen LogP contribution in [0.5, 0.6) is 17.2 Å². The molecular formula is C29H29N3O6S. The fourth-order valence-corrected chi connectivity index (χ4v) is 5.53. The Balaban J connectivity index is 1.72. The number of methoxy groups -OCH3 is 3. The zero-order valence-corrected chi connectivity index (χ0v) is 23.3. The monoisotopic (exact) mass is 547 g/mol. The van der Waals surface area contributed by atoms with Gasteiger partial charge in [0.1, 0.15) is 17.6 Å². The summed E-state index contributed by atoms with van der Waals surface area (Å²) < 4.78 is 16.3. The van der Waals surface area contributed by atoms with Crippen LogP contribution in [-0.2, 0) is 15.0 Å². The van der Waals surface area contributed by atoms with E-state index in [0.29, 0.717) is 38.7 Å². The van der Waals surface area contributed by atoms with Gasteiger partial charge < -0.3 is 24.3 Å². The number of rotatable bonds is 6. The van der Waals surface area contributed by atoms with Gasteiger partial charge in [-0.1, -0.05) is 32.9 Å². The molecule has 1 amide bonds. The molecule has 1 aliphatic rings. The first kappa shape index (κ1) is 26.3. The highest BCUT2D eigenvalue weighted by molar-refractivity contribution is 7.10. The predicted octanol–water partition coefficient (Wildman–Crippen LogP) is 5.57. The van der Waals surface area contributed by atoms with Crippen molar-refractivity contribution in [3.63, 3.8) is 0 Å². The molecule has 5 rings (SSSR count). The number of hydrogen-bond acceptors (Lipinski definition) is 8. The SMILES string of the molecule is COc1cc2nc(N3C(=O)C(=O)/C(=C(/O)c4cc(C(C)(C)C)ccc4OC)C3c3cccs3)[nH]c2cc1OC. The summed E-state index contributed by atoms with van der Waals surface area (Å²) in [6, 6.07) is 11.6. The van der Waals surface area contributed by atoms with E-state index in [4.69, 9.17) is 14.2 Å². The maximum absolute atomic E-state index is 13.6. The van der Waals surface area contributed by atoms with E-state index in [0.717, 1.165) is 5.56 Å². The first-order valence-electron chi connectivity index (χ1n) is 12.2. The number of amides is 1. The highest BCUT2D eigenvalue weighted by Gasteiger charge is 2.49. The van der Waals surface area contributed by atoms with E-state index in [2.05, 4.69) is 30.7 Å². The molecular weight excluding hydrogens is 518 g/mol. The highest BCUT2D eigenvalue weighted by Crippen LogP contribution is 2.45. The van der Waals surface area contributed by atoms with Crippen molar-refractivity contribution in [1.29, 1.82) is 0 Å². The largest absolute Gasteiger partial charge is 0.507 e. The Morgan fingerprint density at radius 1 is 1.00 bits per heavy atom. The number of fused-ring (bicyclic) bond motifs is 1. The average Bonchev–Trinajstić information content (AvgIpc) is 3.64. The topological polar surface area (TPSA) is 114 Å². The van der Waals surface area contributed by atoms with Crippen molar-refractivity contribution in [3.8, 4) is 17.2 Å². The number of nitrogens with one attached hydrogen (secondary N) is 1. The molecule has 9 nitrogen and oxygen atoms in total. The molecule has 2 aromatic heterocycles. The van der Waals surface area contributed by atoms with E-state index in [1.165, 1.54) is 37.6 Å². The van der Waals surface area contributed by atoms with Crippen LogP contribution in [0.2, 0.25) is 0 Å². The number of thiophene rings is 1. The molecule has 10 heteroatoms. The Morgan fingerprint density at radius 2 is 1.69 bits per heavy atom. The molecule has 0 spiro atoms. The van der Waals surface area contributed by atoms with Gasteiger partial charge in [-0.15, -0.1) is 11.3 Å². The highest BCUT2D eigenvalue weighted by atomic mass is 32.1. The van der Waals surface area contributed by atoms with E-state index < -0.39 is 17.7 Å². The van der Waals surface area contributed by atoms with Gasteiger partial charge in [-0.05, 0) is 34.6 Å². The molecule has 1 atom stereocenters. The average molecular weight is 548 g/mol. The number of aliphatic hydroxyl groups is 1. The Morgan fingerprint density at radius 3 is 2.31 bits per heavy atom. The number of aromatic amines is 1. The van der Waals surface area contributed by atoms with E-state index >= 15 is 0 Å². The van der Waals surface area contributed by atoms with Crippen LogP contribution in [0.15, 0.2) is 53.4 Å². The van der Waals surface area contributed by atoms with Gasteiger partial charge in [0.25, 0.3) is 5.78 Å². The van der Waals surface area contributed by atoms with Crippen LogP contribution < -0.4 is 19.1 Å². The minimum absolute atomic E-state index is 0.0394. The van der Waals surface area contributed by atoms with Gasteiger partial charge in [0.15, 0.2) is 11.5 Å². The number of ether oxygens (including phenoxy) is 3. The molecule has 3 heterocycles. The lowest BCUT2D eigenvalue weighted by molar-refractivity contribution is -0.132. The van der Waals surface area contributed by atoms with Crippen LogP contribution in [0.1, 0.15) is 42.8 Å². The zero-order chi connectivity index (χ0) is 28.1. The summed E-state index contributed by atoms with van der Waals surface area (Å²) in [6.07, 6.45) is 0. The summed E-state index contributed by atoms with van der Waals surface area (Å²) >= 11 is 1.37. The third-order valence-corrected chi connectivity index (χ3v) is 7.71. The van der Waals surface area contributed by atoms with Crippen LogP contribution in [-0.4, -0.2) is 48.1 Å². The second-order valence-corrected chi connectivity index (χ2v) is 11.1. The normalized spacial score (nSPS) is 17.2. The van der Waals surface area contributed by atoms with Gasteiger partial charge in [-0.2, -0.15) is 0 Å². The number of nitrogens with zero attached hydrogens (tertiary/aromatic N) is 2. The first-order valence-corrected chi connectivity index (χ1v) is 13.1. The molecule has 1 aliphatic heterocycles. The number of aromatic nitrogens is 2. The predicted molar refractivity (Wildman–Crippen MR) is 150 cm³/mol. The number of hydrogen-bond donors (Lipinski definition) is 2. The number of carbonyl (C=O) groups excluding carboxylic acids is 2. The van der Waals surface area contributed by atoms with Crippen LogP contribution in [0, 0.1) is 0 Å². The molecule has 0 radical (unpaired) electrons. The van der Waals surface area contributed by atoms with Crippen LogP contribution in [0.3, 0.4) is 0 Å². The van der Waals surface area contributed by atoms with E-state index in [9.17, 15) is 14.7 Å². The number of Topliss-reactive ketones (excluding diaryl/α,β-unsaturated/α-hetero) is 1. The summed E-state index contributed by atoms with van der Waals surface area (Å²) in [5.74, 6) is -0.413. The molecule has 2 N–H and O–H groups in total. The molecule has 39 heavy (non-hydrogen) atoms. The number of ketones is 1. The van der Waals surface area contributed by atoms with Gasteiger partial charge in [0.2, 0.25) is 5.95 Å². The lowest BCUT2D eigenvalue weighted by atomic mass is 9.85. The number of carbonyl (C=O) groups is 2. The molecule has 0 bridgehead atoms. The number of H-pyrrole nitrogens is 1. The van der Waals surface area contributed by atoms with E-state index in [1.807, 2.05) is 23.6 Å². The summed E-state index contributed by atoms with van der Waals surface area (Å²) in [5, 5.41) is 13.5. The van der Waals surface area contributed by atoms with Crippen molar-refractivity contribution in [1.82, 2.24) is 9.97 Å². The third kappa shape index (κ3) is 4.40. The zero-order valence-electron chi connectivity index (χ0n) is 22.5. The van der Waals surface area contributed by atoms with Crippen molar-refractivity contribution >= 4 is 45.8 Å². The van der Waals surface area contributed by atoms with Crippen molar-refractivity contribution in [3.05, 3.63) is 69.4 Å². The van der Waals surface area contributed by atoms with Crippen LogP contribution in [0.4, 0.5) is 5.95 Å². The van der Waals surface area contributed by atoms with E-state index in [-0.39, 0.29) is 22.7 Å². The van der Waals surface area contributed by atoms with Crippen molar-refractivity contribution < 1.29 is 28.9 Å². The fourth-order valence-electron chi connectivity index (χ4n) is 4.71. The summed E-state index contributed by atoms with van der Waals surface area (Å²) in [7, 11) is 4.55. The van der Waals surface area contributed by atoms with Crippen LogP contribution in [0.25, 0.3) is 16.8 Å². The van der Waals surface area contributed by atoms with Gasteiger partial charge >= 0.3 is 5.91 Å². The summed E-state index contributed by atoms with van der Waals surface area (Å²) in [5.41, 5.74) is 2.12. The Labute approximate surface area is 229 Å². The smallest absolute Gasteiger partial charge is 0.302 e. The lowest BCUT2D eigenvalue weighted by Gasteiger charge is -2.23. The second-order valence-electron chi connectivity index (χ2n) is 10.1. The molecule has 4 aromatic rings. The van der Waals surface area contributed by atoms with Crippen molar-refractivity contribution in [2.24, 2.45) is 0 Å². The number of benzene rings is 2. The Bertz CT molecular complexity index is 1570. The molecule has 0 saturated carbocycles. The van der Waals surface area contributed by atoms with Gasteiger partial charge in [-0.3, -0.25) is 14.5 Å². The van der Waals surface area contributed by atoms with Gasteiger partial charge in [-0.25, -0.2) is 4.98 Å². The number of imidazole rings is 1. The standard InChI is InChI=1S/C29H29N3O6S/c1-29(2,3)15-9-10-19(36-4)16(12-15)25(33)23-24(22-8-7-11-39-22)32(27(35)26(23)34)28-30-17-13-20(37-5)21(38-6)14-18(17)31-28/h7-14,24,33H,1-6H3,(H,30,31)/b25-23+. The minimum Gasteiger partial charge on any atom is -0.507 e. The Hall–Kier alpha value is -4.31. The fraction of sp³-hybridized carbons (Fsp3) is 0.276. The molecule has 202 valence electrons. The van der Waals surface area contributed by atoms with Gasteiger partial charge in [0, 0.05) is 17.0 Å². The molecule has 2 aromatic carbocycles. The number of anilines is 1. The molecule has 1 fully saturated rings. The summed E-state index contributed by atoms with van der Waals surface area (Å²) in [4.78, 5) is 36.9. The molecule has 0 aliphatic carbocycles. The maximum Gasteiger partial charge on any atom is 0.302 e. The molecule has 1 saturated heterocycles.